The van der Waals surface area contributed by atoms with Crippen LogP contribution in [0.4, 0.5) is 0 Å². The standard InChI is InChI=1S/C11H14N2O2S/c1-15-10(14)7-3-4-9-8(5-7)6-12-11(13-9)16-2/h6-7H,3-5H2,1-2H3/t7-/m1/s1. The molecule has 0 aromatic carbocycles. The van der Waals surface area contributed by atoms with Crippen LogP contribution in [0.25, 0.3) is 0 Å². The quantitative estimate of drug-likeness (QED) is 0.444. The Balaban J connectivity index is 2.18. The Labute approximate surface area is 98.8 Å². The van der Waals surface area contributed by atoms with Gasteiger partial charge in [0.15, 0.2) is 5.16 Å². The number of esters is 1. The van der Waals surface area contributed by atoms with E-state index in [1.807, 2.05) is 12.5 Å². The maximum atomic E-state index is 11.4. The van der Waals surface area contributed by atoms with Crippen LogP contribution in [-0.2, 0) is 22.4 Å². The number of nitrogens with zero attached hydrogens (tertiary/aromatic N) is 2. The lowest BCUT2D eigenvalue weighted by atomic mass is 9.87. The Morgan fingerprint density at radius 2 is 2.44 bits per heavy atom. The average Bonchev–Trinajstić information content (AvgIpc) is 2.36. The summed E-state index contributed by atoms with van der Waals surface area (Å²) in [7, 11) is 1.44. The van der Waals surface area contributed by atoms with Crippen molar-refractivity contribution in [2.45, 2.75) is 24.4 Å². The van der Waals surface area contributed by atoms with Crippen LogP contribution in [0.5, 0.6) is 0 Å². The fourth-order valence-electron chi connectivity index (χ4n) is 1.96. The number of aryl methyl sites for hydroxylation is 1. The third-order valence-electron chi connectivity index (χ3n) is 2.85. The summed E-state index contributed by atoms with van der Waals surface area (Å²) in [5.41, 5.74) is 2.17. The first-order valence-electron chi connectivity index (χ1n) is 5.21. The van der Waals surface area contributed by atoms with Gasteiger partial charge in [0.2, 0.25) is 0 Å². The molecule has 1 atom stereocenters. The van der Waals surface area contributed by atoms with Gasteiger partial charge in [-0.3, -0.25) is 4.79 Å². The summed E-state index contributed by atoms with van der Waals surface area (Å²) in [6.07, 6.45) is 6.16. The molecule has 4 nitrogen and oxygen atoms in total. The van der Waals surface area contributed by atoms with Gasteiger partial charge in [0, 0.05) is 11.9 Å². The minimum Gasteiger partial charge on any atom is -0.469 e. The maximum absolute atomic E-state index is 11.4. The number of carbonyl (C=O) groups excluding carboxylic acids is 1. The topological polar surface area (TPSA) is 52.1 Å². The van der Waals surface area contributed by atoms with Gasteiger partial charge in [-0.15, -0.1) is 0 Å². The van der Waals surface area contributed by atoms with Crippen molar-refractivity contribution in [3.8, 4) is 0 Å². The Bertz CT molecular complexity index is 409. The normalized spacial score (nSPS) is 19.0. The second kappa shape index (κ2) is 4.82. The summed E-state index contributed by atoms with van der Waals surface area (Å²) in [6.45, 7) is 0. The van der Waals surface area contributed by atoms with Crippen molar-refractivity contribution in [3.63, 3.8) is 0 Å². The van der Waals surface area contributed by atoms with Crippen LogP contribution in [0.1, 0.15) is 17.7 Å². The molecule has 1 aromatic rings. The summed E-state index contributed by atoms with van der Waals surface area (Å²) in [4.78, 5) is 20.1. The number of rotatable bonds is 2. The van der Waals surface area contributed by atoms with E-state index >= 15 is 0 Å². The van der Waals surface area contributed by atoms with Crippen molar-refractivity contribution in [3.05, 3.63) is 17.5 Å². The van der Waals surface area contributed by atoms with E-state index in [9.17, 15) is 4.79 Å². The van der Waals surface area contributed by atoms with E-state index < -0.39 is 0 Å². The van der Waals surface area contributed by atoms with Gasteiger partial charge in [-0.2, -0.15) is 0 Å². The molecule has 0 spiro atoms. The van der Waals surface area contributed by atoms with E-state index in [-0.39, 0.29) is 11.9 Å². The molecule has 0 N–H and O–H groups in total. The number of fused-ring (bicyclic) bond motifs is 1. The highest BCUT2D eigenvalue weighted by Gasteiger charge is 2.26. The highest BCUT2D eigenvalue weighted by atomic mass is 32.2. The van der Waals surface area contributed by atoms with Gasteiger partial charge in [0.1, 0.15) is 0 Å². The molecule has 1 aliphatic rings. The lowest BCUT2D eigenvalue weighted by Crippen LogP contribution is -2.24. The first-order valence-corrected chi connectivity index (χ1v) is 6.43. The molecule has 5 heteroatoms. The molecule has 0 radical (unpaired) electrons. The Hall–Kier alpha value is -1.10. The van der Waals surface area contributed by atoms with Crippen LogP contribution in [-0.4, -0.2) is 29.3 Å². The van der Waals surface area contributed by atoms with Crippen LogP contribution >= 0.6 is 11.8 Å². The third-order valence-corrected chi connectivity index (χ3v) is 3.41. The van der Waals surface area contributed by atoms with Crippen LogP contribution in [0, 0.1) is 5.92 Å². The van der Waals surface area contributed by atoms with Crippen molar-refractivity contribution >= 4 is 17.7 Å². The monoisotopic (exact) mass is 238 g/mol. The Morgan fingerprint density at radius 1 is 1.62 bits per heavy atom. The second-order valence-electron chi connectivity index (χ2n) is 3.79. The zero-order valence-corrected chi connectivity index (χ0v) is 10.2. The van der Waals surface area contributed by atoms with Gasteiger partial charge in [-0.05, 0) is 31.1 Å². The van der Waals surface area contributed by atoms with Crippen molar-refractivity contribution < 1.29 is 9.53 Å². The number of thioether (sulfide) groups is 1. The number of methoxy groups -OCH3 is 1. The molecule has 0 bridgehead atoms. The Morgan fingerprint density at radius 3 is 3.12 bits per heavy atom. The van der Waals surface area contributed by atoms with Crippen LogP contribution in [0.3, 0.4) is 0 Å². The lowest BCUT2D eigenvalue weighted by Gasteiger charge is -2.21. The molecular formula is C11H14N2O2S. The van der Waals surface area contributed by atoms with Crippen molar-refractivity contribution in [1.29, 1.82) is 0 Å². The minimum absolute atomic E-state index is 0.0266. The molecule has 0 unspecified atom stereocenters. The molecule has 1 heterocycles. The zero-order chi connectivity index (χ0) is 11.5. The van der Waals surface area contributed by atoms with E-state index in [1.54, 1.807) is 0 Å². The lowest BCUT2D eigenvalue weighted by molar-refractivity contribution is -0.145. The summed E-state index contributed by atoms with van der Waals surface area (Å²) in [5, 5.41) is 0.801. The molecule has 0 fully saturated rings. The molecular weight excluding hydrogens is 224 g/mol. The van der Waals surface area contributed by atoms with Crippen molar-refractivity contribution in [1.82, 2.24) is 9.97 Å². The number of hydrogen-bond donors (Lipinski definition) is 0. The molecule has 0 saturated carbocycles. The van der Waals surface area contributed by atoms with E-state index in [1.165, 1.54) is 18.9 Å². The SMILES string of the molecule is COC(=O)[C@@H]1CCc2nc(SC)ncc2C1. The summed E-state index contributed by atoms with van der Waals surface area (Å²) >= 11 is 1.54. The molecule has 1 aromatic heterocycles. The first-order chi connectivity index (χ1) is 7.74. The van der Waals surface area contributed by atoms with Gasteiger partial charge in [-0.25, -0.2) is 9.97 Å². The minimum atomic E-state index is -0.125. The van der Waals surface area contributed by atoms with Gasteiger partial charge in [-0.1, -0.05) is 11.8 Å². The zero-order valence-electron chi connectivity index (χ0n) is 9.40. The Kier molecular flexibility index (Phi) is 3.43. The smallest absolute Gasteiger partial charge is 0.309 e. The van der Waals surface area contributed by atoms with Gasteiger partial charge < -0.3 is 4.74 Å². The summed E-state index contributed by atoms with van der Waals surface area (Å²) in [5.74, 6) is -0.152. The predicted molar refractivity (Wildman–Crippen MR) is 61.3 cm³/mol. The molecule has 2 rings (SSSR count). The number of hydrogen-bond acceptors (Lipinski definition) is 5. The van der Waals surface area contributed by atoms with Crippen molar-refractivity contribution in [2.24, 2.45) is 5.92 Å². The fraction of sp³-hybridized carbons (Fsp3) is 0.545. The molecule has 0 amide bonds. The maximum Gasteiger partial charge on any atom is 0.309 e. The fourth-order valence-corrected chi connectivity index (χ4v) is 2.32. The van der Waals surface area contributed by atoms with Gasteiger partial charge in [0.05, 0.1) is 13.0 Å². The van der Waals surface area contributed by atoms with E-state index in [4.69, 9.17) is 4.74 Å². The average molecular weight is 238 g/mol. The van der Waals surface area contributed by atoms with E-state index in [0.29, 0.717) is 6.42 Å². The third kappa shape index (κ3) is 2.19. The van der Waals surface area contributed by atoms with Crippen molar-refractivity contribution in [2.75, 3.05) is 13.4 Å². The molecule has 0 saturated heterocycles. The molecule has 16 heavy (non-hydrogen) atoms. The highest BCUT2D eigenvalue weighted by molar-refractivity contribution is 7.98. The molecule has 1 aliphatic carbocycles. The van der Waals surface area contributed by atoms with Crippen LogP contribution in [0.2, 0.25) is 0 Å². The number of carbonyl (C=O) groups is 1. The van der Waals surface area contributed by atoms with E-state index in [0.717, 1.165) is 29.3 Å². The molecule has 86 valence electrons. The summed E-state index contributed by atoms with van der Waals surface area (Å²) < 4.78 is 4.77. The number of aromatic nitrogens is 2. The largest absolute Gasteiger partial charge is 0.469 e. The van der Waals surface area contributed by atoms with Crippen LogP contribution in [0.15, 0.2) is 11.4 Å². The van der Waals surface area contributed by atoms with E-state index in [2.05, 4.69) is 9.97 Å². The van der Waals surface area contributed by atoms with Gasteiger partial charge >= 0.3 is 5.97 Å². The molecule has 0 aliphatic heterocycles. The van der Waals surface area contributed by atoms with Gasteiger partial charge in [0.25, 0.3) is 0 Å². The first kappa shape index (κ1) is 11.4. The summed E-state index contributed by atoms with van der Waals surface area (Å²) in [6, 6.07) is 0. The van der Waals surface area contributed by atoms with Crippen LogP contribution < -0.4 is 0 Å². The highest BCUT2D eigenvalue weighted by Crippen LogP contribution is 2.25. The second-order valence-corrected chi connectivity index (χ2v) is 4.56. The number of ether oxygens (including phenoxy) is 1. The predicted octanol–water partition coefficient (Wildman–Crippen LogP) is 1.48.